The van der Waals surface area contributed by atoms with Crippen molar-refractivity contribution in [2.24, 2.45) is 0 Å². The van der Waals surface area contributed by atoms with Gasteiger partial charge in [-0.2, -0.15) is 0 Å². The van der Waals surface area contributed by atoms with Crippen molar-refractivity contribution in [3.8, 4) is 0 Å². The molecule has 0 saturated carbocycles. The quantitative estimate of drug-likeness (QED) is 0.167. The Hall–Kier alpha value is -1.23. The molecule has 3 aromatic carbocycles. The smallest absolute Gasteiger partial charge is 1.00 e. The van der Waals surface area contributed by atoms with Gasteiger partial charge in [-0.1, -0.05) is 91.0 Å². The molecule has 3 aromatic rings. The summed E-state index contributed by atoms with van der Waals surface area (Å²) in [5.41, 5.74) is 0. The summed E-state index contributed by atoms with van der Waals surface area (Å²) in [4.78, 5) is 0. The molecule has 0 bridgehead atoms. The van der Waals surface area contributed by atoms with Crippen LogP contribution in [0.1, 0.15) is 0 Å². The fraction of sp³-hybridized carbons (Fsp3) is 0. The van der Waals surface area contributed by atoms with Crippen molar-refractivity contribution in [2.45, 2.75) is 0 Å². The van der Waals surface area contributed by atoms with Crippen molar-refractivity contribution in [1.29, 1.82) is 0 Å². The monoisotopic (exact) mass is 490 g/mol. The minimum Gasteiger partial charge on any atom is -1.00 e. The zero-order valence-corrected chi connectivity index (χ0v) is 17.7. The maximum atomic E-state index is 7.50. The second kappa shape index (κ2) is 18.6. The predicted molar refractivity (Wildman–Crippen MR) is 93.0 cm³/mol. The van der Waals surface area contributed by atoms with E-state index in [1.165, 1.54) is 15.9 Å². The largest absolute Gasteiger partial charge is 2.00 e. The molecule has 0 saturated heterocycles. The Morgan fingerprint density at radius 1 is 0.462 bits per heavy atom. The standard InChI is InChI=1S/C18H15P.2CO.2ClH.Ru/c1-4-10-16(11-5-1)19(17-12-6-2-7-13-17)18-14-8-3-9-15-18;2*1-2;;;/h1-15H;;;2*1H;/q;;;;;+2/p-2. The molecule has 0 atom stereocenters. The molecule has 0 radical (unpaired) electrons. The van der Waals surface area contributed by atoms with Crippen LogP contribution in [0.3, 0.4) is 0 Å². The van der Waals surface area contributed by atoms with E-state index in [1.54, 1.807) is 0 Å². The molecular weight excluding hydrogens is 475 g/mol. The van der Waals surface area contributed by atoms with Crippen molar-refractivity contribution in [1.82, 2.24) is 0 Å². The molecule has 0 aliphatic carbocycles. The molecule has 26 heavy (non-hydrogen) atoms. The Bertz CT molecular complexity index is 623. The van der Waals surface area contributed by atoms with E-state index < -0.39 is 7.92 Å². The summed E-state index contributed by atoms with van der Waals surface area (Å²) in [5, 5.41) is 4.19. The fourth-order valence-electron chi connectivity index (χ4n) is 2.18. The van der Waals surface area contributed by atoms with Crippen LogP contribution < -0.4 is 40.7 Å². The van der Waals surface area contributed by atoms with E-state index in [-0.39, 0.29) is 44.3 Å². The van der Waals surface area contributed by atoms with Crippen molar-refractivity contribution in [3.63, 3.8) is 0 Å². The molecule has 0 aliphatic rings. The Balaban J connectivity index is -0.000000709. The van der Waals surface area contributed by atoms with Gasteiger partial charge in [-0.3, -0.25) is 0 Å². The van der Waals surface area contributed by atoms with E-state index in [4.69, 9.17) is 9.30 Å². The summed E-state index contributed by atoms with van der Waals surface area (Å²) < 4.78 is 15.0. The van der Waals surface area contributed by atoms with Gasteiger partial charge in [0.25, 0.3) is 0 Å². The first kappa shape index (κ1) is 29.5. The number of halogens is 2. The van der Waals surface area contributed by atoms with Crippen LogP contribution in [0.5, 0.6) is 0 Å². The van der Waals surface area contributed by atoms with Gasteiger partial charge in [-0.15, -0.1) is 0 Å². The minimum atomic E-state index is -0.446. The fourth-order valence-corrected chi connectivity index (χ4v) is 4.48. The molecule has 3 rings (SSSR count). The van der Waals surface area contributed by atoms with Crippen molar-refractivity contribution in [2.75, 3.05) is 0 Å². The number of benzene rings is 3. The van der Waals surface area contributed by atoms with Gasteiger partial charge < -0.3 is 24.8 Å². The molecule has 0 heterocycles. The molecular formula is C20H15Cl2O2PRu. The van der Waals surface area contributed by atoms with Crippen LogP contribution in [0.25, 0.3) is 0 Å². The molecule has 2 nitrogen and oxygen atoms in total. The van der Waals surface area contributed by atoms with Crippen LogP contribution in [0.2, 0.25) is 0 Å². The van der Waals surface area contributed by atoms with Crippen LogP contribution in [-0.2, 0) is 28.8 Å². The van der Waals surface area contributed by atoms with E-state index in [2.05, 4.69) is 104 Å². The normalized spacial score (nSPS) is 7.88. The number of rotatable bonds is 3. The van der Waals surface area contributed by atoms with Gasteiger partial charge in [0.15, 0.2) is 0 Å². The van der Waals surface area contributed by atoms with Crippen molar-refractivity contribution < 1.29 is 53.6 Å². The van der Waals surface area contributed by atoms with Crippen LogP contribution >= 0.6 is 7.92 Å². The van der Waals surface area contributed by atoms with Crippen LogP contribution in [0.15, 0.2) is 91.0 Å². The summed E-state index contributed by atoms with van der Waals surface area (Å²) in [6, 6.07) is 32.3. The molecule has 134 valence electrons. The summed E-state index contributed by atoms with van der Waals surface area (Å²) in [6.45, 7) is 9.00. The Kier molecular flexibility index (Phi) is 21.1. The van der Waals surface area contributed by atoms with E-state index in [0.717, 1.165) is 0 Å². The molecule has 0 spiro atoms. The average molecular weight is 490 g/mol. The van der Waals surface area contributed by atoms with Gasteiger partial charge in [0.2, 0.25) is 0 Å². The molecule has 0 aromatic heterocycles. The van der Waals surface area contributed by atoms with E-state index in [9.17, 15) is 0 Å². The molecule has 0 unspecified atom stereocenters. The summed E-state index contributed by atoms with van der Waals surface area (Å²) in [6.07, 6.45) is 0. The van der Waals surface area contributed by atoms with Gasteiger partial charge in [-0.25, -0.2) is 0 Å². The molecule has 0 aliphatic heterocycles. The second-order valence-electron chi connectivity index (χ2n) is 4.34. The van der Waals surface area contributed by atoms with Crippen molar-refractivity contribution >= 4 is 23.8 Å². The van der Waals surface area contributed by atoms with Crippen LogP contribution in [0, 0.1) is 13.3 Å². The van der Waals surface area contributed by atoms with Gasteiger partial charge >= 0.3 is 42.1 Å². The third-order valence-electron chi connectivity index (χ3n) is 3.04. The van der Waals surface area contributed by atoms with E-state index in [1.807, 2.05) is 0 Å². The van der Waals surface area contributed by atoms with Gasteiger partial charge in [0.1, 0.15) is 0 Å². The van der Waals surface area contributed by atoms with Gasteiger partial charge in [-0.05, 0) is 23.8 Å². The predicted octanol–water partition coefficient (Wildman–Crippen LogP) is -2.62. The molecule has 0 amide bonds. The SMILES string of the molecule is [C-]#[O+].[C-]#[O+].[Cl-].[Cl-].[Ru+2].c1ccc(P(c2ccccc2)c2ccccc2)cc1. The third kappa shape index (κ3) is 8.93. The Labute approximate surface area is 181 Å². The third-order valence-corrected chi connectivity index (χ3v) is 5.49. The average Bonchev–Trinajstić information content (AvgIpc) is 2.68. The van der Waals surface area contributed by atoms with Gasteiger partial charge in [0, 0.05) is 0 Å². The Morgan fingerprint density at radius 2 is 0.654 bits per heavy atom. The second-order valence-corrected chi connectivity index (χ2v) is 6.56. The maximum Gasteiger partial charge on any atom is 2.00 e. The maximum absolute atomic E-state index is 7.50. The summed E-state index contributed by atoms with van der Waals surface area (Å²) in [7, 11) is -0.446. The summed E-state index contributed by atoms with van der Waals surface area (Å²) >= 11 is 0. The van der Waals surface area contributed by atoms with Gasteiger partial charge in [0.05, 0.1) is 0 Å². The van der Waals surface area contributed by atoms with E-state index >= 15 is 0 Å². The van der Waals surface area contributed by atoms with Crippen LogP contribution in [0.4, 0.5) is 0 Å². The van der Waals surface area contributed by atoms with Crippen molar-refractivity contribution in [3.05, 3.63) is 104 Å². The first-order valence-corrected chi connectivity index (χ1v) is 8.15. The van der Waals surface area contributed by atoms with Crippen LogP contribution in [-0.4, -0.2) is 0 Å². The first-order chi connectivity index (χ1) is 11.4. The molecule has 0 fully saturated rings. The van der Waals surface area contributed by atoms with E-state index in [0.29, 0.717) is 0 Å². The minimum absolute atomic E-state index is 0. The molecule has 6 heteroatoms. The molecule has 0 N–H and O–H groups in total. The number of hydrogen-bond donors (Lipinski definition) is 0. The zero-order chi connectivity index (χ0) is 16.9. The Morgan fingerprint density at radius 3 is 0.846 bits per heavy atom. The zero-order valence-electron chi connectivity index (χ0n) is 13.5. The number of hydrogen-bond acceptors (Lipinski definition) is 0. The summed E-state index contributed by atoms with van der Waals surface area (Å²) in [5.74, 6) is 0. The topological polar surface area (TPSA) is 39.8 Å². The first-order valence-electron chi connectivity index (χ1n) is 6.81.